The molecule has 2 heterocycles. The van der Waals surface area contributed by atoms with Crippen LogP contribution in [-0.4, -0.2) is 49.0 Å². The Labute approximate surface area is 163 Å². The van der Waals surface area contributed by atoms with Crippen molar-refractivity contribution in [2.75, 3.05) is 14.2 Å². The lowest BCUT2D eigenvalue weighted by molar-refractivity contribution is -0.146. The number of methoxy groups -OCH3 is 2. The molecule has 28 heavy (non-hydrogen) atoms. The molecule has 0 bridgehead atoms. The number of ether oxygens (including phenoxy) is 3. The third-order valence-electron chi connectivity index (χ3n) is 5.78. The molecule has 1 aromatic carbocycles. The normalized spacial score (nSPS) is 24.3. The number of hydrogen-bond donors (Lipinski definition) is 1. The van der Waals surface area contributed by atoms with Crippen LogP contribution in [0.5, 0.6) is 11.5 Å². The first-order chi connectivity index (χ1) is 13.5. The number of esters is 1. The van der Waals surface area contributed by atoms with Gasteiger partial charge < -0.3 is 19.5 Å². The van der Waals surface area contributed by atoms with Crippen LogP contribution in [0.1, 0.15) is 60.7 Å². The molecule has 8 nitrogen and oxygen atoms in total. The monoisotopic (exact) mass is 388 g/mol. The van der Waals surface area contributed by atoms with Crippen LogP contribution in [0.2, 0.25) is 0 Å². The van der Waals surface area contributed by atoms with Crippen molar-refractivity contribution in [2.24, 2.45) is 0 Å². The number of carbonyl (C=O) groups excluding carboxylic acids is 3. The van der Waals surface area contributed by atoms with Gasteiger partial charge in [0.15, 0.2) is 11.5 Å². The first-order valence-corrected chi connectivity index (χ1v) is 9.62. The summed E-state index contributed by atoms with van der Waals surface area (Å²) in [5.74, 6) is -0.298. The summed E-state index contributed by atoms with van der Waals surface area (Å²) in [6.07, 6.45) is 3.86. The molecule has 0 unspecified atom stereocenters. The Morgan fingerprint density at radius 1 is 1.14 bits per heavy atom. The molecule has 0 spiro atoms. The lowest BCUT2D eigenvalue weighted by Crippen LogP contribution is -2.48. The van der Waals surface area contributed by atoms with E-state index in [1.54, 1.807) is 12.1 Å². The summed E-state index contributed by atoms with van der Waals surface area (Å²) >= 11 is 0. The average Bonchev–Trinajstić information content (AvgIpc) is 3.40. The van der Waals surface area contributed by atoms with Crippen molar-refractivity contribution in [3.05, 3.63) is 23.3 Å². The van der Waals surface area contributed by atoms with E-state index in [4.69, 9.17) is 14.2 Å². The molecule has 3 aliphatic rings. The van der Waals surface area contributed by atoms with E-state index >= 15 is 0 Å². The third kappa shape index (κ3) is 2.96. The number of hydrogen-bond acceptors (Lipinski definition) is 6. The highest BCUT2D eigenvalue weighted by Gasteiger charge is 2.48. The van der Waals surface area contributed by atoms with Crippen molar-refractivity contribution in [3.8, 4) is 11.5 Å². The van der Waals surface area contributed by atoms with Gasteiger partial charge in [0.1, 0.15) is 11.6 Å². The maximum atomic E-state index is 12.8. The van der Waals surface area contributed by atoms with Gasteiger partial charge >= 0.3 is 5.97 Å². The number of likely N-dealkylation sites (tertiary alicyclic amines) is 1. The van der Waals surface area contributed by atoms with Gasteiger partial charge in [-0.3, -0.25) is 14.5 Å². The summed E-state index contributed by atoms with van der Waals surface area (Å²) in [6.45, 7) is 0. The third-order valence-corrected chi connectivity index (χ3v) is 5.78. The van der Waals surface area contributed by atoms with Gasteiger partial charge in [-0.1, -0.05) is 12.8 Å². The molecule has 0 radical (unpaired) electrons. The summed E-state index contributed by atoms with van der Waals surface area (Å²) in [4.78, 5) is 39.4. The fourth-order valence-corrected chi connectivity index (χ4v) is 4.41. The fourth-order valence-electron chi connectivity index (χ4n) is 4.41. The van der Waals surface area contributed by atoms with Crippen LogP contribution in [0.3, 0.4) is 0 Å². The molecule has 1 saturated carbocycles. The molecule has 8 heteroatoms. The quantitative estimate of drug-likeness (QED) is 0.775. The minimum Gasteiger partial charge on any atom is -0.493 e. The van der Waals surface area contributed by atoms with Crippen molar-refractivity contribution in [1.29, 1.82) is 0 Å². The van der Waals surface area contributed by atoms with Crippen LogP contribution >= 0.6 is 0 Å². The van der Waals surface area contributed by atoms with Gasteiger partial charge in [0, 0.05) is 18.0 Å². The van der Waals surface area contributed by atoms with Crippen molar-refractivity contribution in [3.63, 3.8) is 0 Å². The zero-order chi connectivity index (χ0) is 19.8. The molecule has 0 aromatic heterocycles. The highest BCUT2D eigenvalue weighted by molar-refractivity contribution is 5.99. The van der Waals surface area contributed by atoms with Gasteiger partial charge in [0.25, 0.3) is 0 Å². The minimum absolute atomic E-state index is 0.160. The molecule has 4 rings (SSSR count). The first kappa shape index (κ1) is 18.6. The summed E-state index contributed by atoms with van der Waals surface area (Å²) in [5.41, 5.74) is 0.748. The molecular weight excluding hydrogens is 364 g/mol. The number of nitrogens with one attached hydrogen (secondary N) is 1. The molecule has 1 aliphatic carbocycles. The number of amides is 2. The molecule has 2 atom stereocenters. The lowest BCUT2D eigenvalue weighted by atomic mass is 10.0. The number of rotatable bonds is 5. The van der Waals surface area contributed by atoms with Gasteiger partial charge in [-0.25, -0.2) is 4.79 Å². The maximum absolute atomic E-state index is 12.8. The summed E-state index contributed by atoms with van der Waals surface area (Å²) in [6, 6.07) is 2.86. The second-order valence-electron chi connectivity index (χ2n) is 7.37. The second-order valence-corrected chi connectivity index (χ2v) is 7.37. The smallest absolute Gasteiger partial charge is 0.344 e. The van der Waals surface area contributed by atoms with E-state index in [1.165, 1.54) is 19.1 Å². The largest absolute Gasteiger partial charge is 0.493 e. The predicted octanol–water partition coefficient (Wildman–Crippen LogP) is 1.92. The summed E-state index contributed by atoms with van der Waals surface area (Å²) in [7, 11) is 2.92. The van der Waals surface area contributed by atoms with Crippen LogP contribution in [0.25, 0.3) is 0 Å². The van der Waals surface area contributed by atoms with E-state index in [2.05, 4.69) is 5.32 Å². The summed E-state index contributed by atoms with van der Waals surface area (Å²) < 4.78 is 16.1. The van der Waals surface area contributed by atoms with Crippen molar-refractivity contribution < 1.29 is 28.6 Å². The zero-order valence-electron chi connectivity index (χ0n) is 16.0. The SMILES string of the molecule is COc1ccc2c(c1OC)C(=O)O[C@H]2N1C(=O)CC[C@@H]1C(=O)NC1CCCC1. The van der Waals surface area contributed by atoms with Crippen LogP contribution in [0, 0.1) is 0 Å². The molecule has 150 valence electrons. The van der Waals surface area contributed by atoms with Gasteiger partial charge in [0.2, 0.25) is 18.0 Å². The number of cyclic esters (lactones) is 1. The Bertz CT molecular complexity index is 817. The number of nitrogens with zero attached hydrogens (tertiary/aromatic N) is 1. The van der Waals surface area contributed by atoms with Crippen molar-refractivity contribution >= 4 is 17.8 Å². The fraction of sp³-hybridized carbons (Fsp3) is 0.550. The van der Waals surface area contributed by atoms with E-state index in [0.29, 0.717) is 17.7 Å². The standard InChI is InChI=1S/C20H24N2O6/c1-26-14-9-7-12-16(17(14)27-2)20(25)28-19(12)22-13(8-10-15(22)23)18(24)21-11-5-3-4-6-11/h7,9,11,13,19H,3-6,8,10H2,1-2H3,(H,21,24)/t13-,19-/m1/s1. The number of carbonyl (C=O) groups is 3. The molecule has 1 aromatic rings. The van der Waals surface area contributed by atoms with Gasteiger partial charge in [-0.15, -0.1) is 0 Å². The highest BCUT2D eigenvalue weighted by Crippen LogP contribution is 2.45. The predicted molar refractivity (Wildman–Crippen MR) is 98.0 cm³/mol. The van der Waals surface area contributed by atoms with E-state index < -0.39 is 18.2 Å². The van der Waals surface area contributed by atoms with E-state index in [9.17, 15) is 14.4 Å². The minimum atomic E-state index is -0.934. The number of fused-ring (bicyclic) bond motifs is 1. The maximum Gasteiger partial charge on any atom is 0.344 e. The van der Waals surface area contributed by atoms with Crippen molar-refractivity contribution in [2.45, 2.75) is 56.8 Å². The Kier molecular flexibility index (Phi) is 4.87. The van der Waals surface area contributed by atoms with E-state index in [-0.39, 0.29) is 35.6 Å². The zero-order valence-corrected chi connectivity index (χ0v) is 16.0. The van der Waals surface area contributed by atoms with Gasteiger partial charge in [-0.05, 0) is 31.4 Å². The van der Waals surface area contributed by atoms with Crippen LogP contribution in [0.15, 0.2) is 12.1 Å². The van der Waals surface area contributed by atoms with Crippen LogP contribution in [0.4, 0.5) is 0 Å². The molecule has 2 aliphatic heterocycles. The Balaban J connectivity index is 1.64. The Morgan fingerprint density at radius 2 is 1.89 bits per heavy atom. The number of benzene rings is 1. The molecule has 2 amide bonds. The first-order valence-electron chi connectivity index (χ1n) is 9.62. The lowest BCUT2D eigenvalue weighted by Gasteiger charge is -2.30. The highest BCUT2D eigenvalue weighted by atomic mass is 16.6. The molecule has 2 fully saturated rings. The molecular formula is C20H24N2O6. The van der Waals surface area contributed by atoms with Crippen LogP contribution in [-0.2, 0) is 14.3 Å². The average molecular weight is 388 g/mol. The topological polar surface area (TPSA) is 94.2 Å². The Morgan fingerprint density at radius 3 is 2.57 bits per heavy atom. The van der Waals surface area contributed by atoms with Gasteiger partial charge in [-0.2, -0.15) is 0 Å². The summed E-state index contributed by atoms with van der Waals surface area (Å²) in [5, 5.41) is 3.05. The van der Waals surface area contributed by atoms with Crippen molar-refractivity contribution in [1.82, 2.24) is 10.2 Å². The second kappa shape index (κ2) is 7.33. The van der Waals surface area contributed by atoms with Gasteiger partial charge in [0.05, 0.1) is 14.2 Å². The van der Waals surface area contributed by atoms with E-state index in [0.717, 1.165) is 25.7 Å². The molecule has 1 N–H and O–H groups in total. The van der Waals surface area contributed by atoms with E-state index in [1.807, 2.05) is 0 Å². The van der Waals surface area contributed by atoms with Crippen LogP contribution < -0.4 is 14.8 Å². The Hall–Kier alpha value is -2.77. The molecule has 1 saturated heterocycles.